The van der Waals surface area contributed by atoms with Crippen LogP contribution in [-0.4, -0.2) is 55.7 Å². The van der Waals surface area contributed by atoms with E-state index in [9.17, 15) is 4.79 Å². The first-order valence-corrected chi connectivity index (χ1v) is 6.80. The molecule has 3 rings (SSSR count). The van der Waals surface area contributed by atoms with Crippen molar-refractivity contribution in [2.45, 2.75) is 6.04 Å². The zero-order valence-corrected chi connectivity index (χ0v) is 11.5. The van der Waals surface area contributed by atoms with E-state index >= 15 is 0 Å². The maximum absolute atomic E-state index is 11.9. The van der Waals surface area contributed by atoms with Gasteiger partial charge in [0.25, 0.3) is 0 Å². The van der Waals surface area contributed by atoms with Crippen LogP contribution in [0.3, 0.4) is 0 Å². The Morgan fingerprint density at radius 2 is 2.00 bits per heavy atom. The number of carbonyl (C=O) groups is 1. The smallest absolute Gasteiger partial charge is 0.319 e. The molecule has 0 saturated carbocycles. The molecule has 2 heterocycles. The van der Waals surface area contributed by atoms with Gasteiger partial charge < -0.3 is 25.0 Å². The molecule has 2 aliphatic heterocycles. The highest BCUT2D eigenvalue weighted by Crippen LogP contribution is 2.32. The van der Waals surface area contributed by atoms with Crippen molar-refractivity contribution in [2.75, 3.05) is 39.9 Å². The molecule has 1 aromatic rings. The fourth-order valence-corrected chi connectivity index (χ4v) is 2.51. The Labute approximate surface area is 118 Å². The van der Waals surface area contributed by atoms with Crippen molar-refractivity contribution in [1.82, 2.24) is 9.80 Å². The molecule has 108 valence electrons. The van der Waals surface area contributed by atoms with E-state index in [4.69, 9.17) is 15.2 Å². The molecule has 6 nitrogen and oxygen atoms in total. The van der Waals surface area contributed by atoms with Crippen LogP contribution in [0.2, 0.25) is 0 Å². The molecule has 2 N–H and O–H groups in total. The summed E-state index contributed by atoms with van der Waals surface area (Å²) in [5.41, 5.74) is 7.16. The second kappa shape index (κ2) is 5.20. The van der Waals surface area contributed by atoms with Crippen molar-refractivity contribution in [2.24, 2.45) is 5.73 Å². The molecule has 0 aromatic heterocycles. The molecular formula is C14H19N3O3. The summed E-state index contributed by atoms with van der Waals surface area (Å²) in [6.07, 6.45) is 0. The number of hydrogen-bond donors (Lipinski definition) is 1. The number of nitrogens with zero attached hydrogens (tertiary/aromatic N) is 2. The van der Waals surface area contributed by atoms with Gasteiger partial charge in [-0.15, -0.1) is 0 Å². The molecule has 20 heavy (non-hydrogen) atoms. The average molecular weight is 277 g/mol. The maximum atomic E-state index is 11.9. The summed E-state index contributed by atoms with van der Waals surface area (Å²) < 4.78 is 11.0. The highest BCUT2D eigenvalue weighted by atomic mass is 16.6. The van der Waals surface area contributed by atoms with Crippen LogP contribution in [0.15, 0.2) is 18.2 Å². The Kier molecular flexibility index (Phi) is 3.40. The Bertz CT molecular complexity index is 520. The van der Waals surface area contributed by atoms with Gasteiger partial charge in [-0.25, -0.2) is 4.79 Å². The predicted molar refractivity (Wildman–Crippen MR) is 74.0 cm³/mol. The van der Waals surface area contributed by atoms with Gasteiger partial charge in [0, 0.05) is 32.7 Å². The summed E-state index contributed by atoms with van der Waals surface area (Å²) in [5, 5.41) is 0. The van der Waals surface area contributed by atoms with Crippen LogP contribution >= 0.6 is 0 Å². The Hall–Kier alpha value is -1.95. The van der Waals surface area contributed by atoms with Gasteiger partial charge in [-0.1, -0.05) is 6.07 Å². The topological polar surface area (TPSA) is 68.0 Å². The van der Waals surface area contributed by atoms with Crippen LogP contribution in [0.1, 0.15) is 11.6 Å². The van der Waals surface area contributed by atoms with Gasteiger partial charge in [0.05, 0.1) is 0 Å². The second-order valence-corrected chi connectivity index (χ2v) is 5.16. The number of urea groups is 1. The number of ether oxygens (including phenoxy) is 2. The number of nitrogens with two attached hydrogens (primary N) is 1. The minimum atomic E-state index is -0.221. The lowest BCUT2D eigenvalue weighted by Gasteiger charge is -2.23. The minimum Gasteiger partial charge on any atom is -0.486 e. The van der Waals surface area contributed by atoms with E-state index in [-0.39, 0.29) is 12.1 Å². The number of benzene rings is 1. The zero-order chi connectivity index (χ0) is 14.1. The van der Waals surface area contributed by atoms with Crippen molar-refractivity contribution >= 4 is 6.03 Å². The third kappa shape index (κ3) is 2.38. The summed E-state index contributed by atoms with van der Waals surface area (Å²) in [7, 11) is 1.80. The van der Waals surface area contributed by atoms with Crippen LogP contribution in [0.25, 0.3) is 0 Å². The molecule has 0 spiro atoms. The Balaban J connectivity index is 1.71. The molecule has 2 amide bonds. The molecule has 2 aliphatic rings. The van der Waals surface area contributed by atoms with E-state index in [2.05, 4.69) is 0 Å². The van der Waals surface area contributed by atoms with E-state index in [1.54, 1.807) is 16.8 Å². The van der Waals surface area contributed by atoms with Crippen molar-refractivity contribution in [1.29, 1.82) is 0 Å². The van der Waals surface area contributed by atoms with Crippen molar-refractivity contribution in [3.8, 4) is 11.5 Å². The lowest BCUT2D eigenvalue weighted by Crippen LogP contribution is -2.35. The standard InChI is InChI=1S/C14H19N3O3/c1-16-4-5-17(14(16)18)9-11(15)10-2-3-12-13(8-10)20-7-6-19-12/h2-3,8,11H,4-7,9,15H2,1H3. The fraction of sp³-hybridized carbons (Fsp3) is 0.500. The Morgan fingerprint density at radius 1 is 1.25 bits per heavy atom. The fourth-order valence-electron chi connectivity index (χ4n) is 2.51. The predicted octanol–water partition coefficient (Wildman–Crippen LogP) is 0.825. The van der Waals surface area contributed by atoms with Crippen molar-refractivity contribution < 1.29 is 14.3 Å². The van der Waals surface area contributed by atoms with Gasteiger partial charge in [-0.3, -0.25) is 0 Å². The summed E-state index contributed by atoms with van der Waals surface area (Å²) in [6.45, 7) is 3.14. The molecule has 0 bridgehead atoms. The van der Waals surface area contributed by atoms with Gasteiger partial charge in [-0.2, -0.15) is 0 Å². The van der Waals surface area contributed by atoms with Gasteiger partial charge in [0.2, 0.25) is 0 Å². The molecule has 1 saturated heterocycles. The molecule has 1 unspecified atom stereocenters. The van der Waals surface area contributed by atoms with Gasteiger partial charge in [-0.05, 0) is 17.7 Å². The minimum absolute atomic E-state index is 0.0398. The highest BCUT2D eigenvalue weighted by molar-refractivity contribution is 5.76. The molecule has 0 radical (unpaired) electrons. The van der Waals surface area contributed by atoms with E-state index in [1.807, 2.05) is 18.2 Å². The maximum Gasteiger partial charge on any atom is 0.319 e. The largest absolute Gasteiger partial charge is 0.486 e. The Morgan fingerprint density at radius 3 is 2.70 bits per heavy atom. The third-order valence-electron chi connectivity index (χ3n) is 3.71. The van der Waals surface area contributed by atoms with Crippen LogP contribution < -0.4 is 15.2 Å². The van der Waals surface area contributed by atoms with Gasteiger partial charge >= 0.3 is 6.03 Å². The number of rotatable bonds is 3. The van der Waals surface area contributed by atoms with Crippen LogP contribution in [-0.2, 0) is 0 Å². The second-order valence-electron chi connectivity index (χ2n) is 5.16. The monoisotopic (exact) mass is 277 g/mol. The number of fused-ring (bicyclic) bond motifs is 1. The van der Waals surface area contributed by atoms with E-state index < -0.39 is 0 Å². The number of amides is 2. The van der Waals surface area contributed by atoms with Crippen LogP contribution in [0, 0.1) is 0 Å². The lowest BCUT2D eigenvalue weighted by atomic mass is 10.1. The number of hydrogen-bond acceptors (Lipinski definition) is 4. The van der Waals surface area contributed by atoms with Crippen LogP contribution in [0.4, 0.5) is 4.79 Å². The summed E-state index contributed by atoms with van der Waals surface area (Å²) >= 11 is 0. The molecule has 6 heteroatoms. The first-order valence-electron chi connectivity index (χ1n) is 6.80. The van der Waals surface area contributed by atoms with E-state index in [1.165, 1.54) is 0 Å². The summed E-state index contributed by atoms with van der Waals surface area (Å²) in [6, 6.07) is 5.53. The molecule has 1 aromatic carbocycles. The van der Waals surface area contributed by atoms with E-state index in [0.29, 0.717) is 19.8 Å². The van der Waals surface area contributed by atoms with Gasteiger partial charge in [0.15, 0.2) is 11.5 Å². The van der Waals surface area contributed by atoms with Crippen molar-refractivity contribution in [3.05, 3.63) is 23.8 Å². The molecule has 1 fully saturated rings. The first-order chi connectivity index (χ1) is 9.65. The third-order valence-corrected chi connectivity index (χ3v) is 3.71. The molecular weight excluding hydrogens is 258 g/mol. The first kappa shape index (κ1) is 13.1. The summed E-state index contributed by atoms with van der Waals surface area (Å²) in [4.78, 5) is 15.3. The average Bonchev–Trinajstić information content (AvgIpc) is 2.78. The lowest BCUT2D eigenvalue weighted by molar-refractivity contribution is 0.171. The highest BCUT2D eigenvalue weighted by Gasteiger charge is 2.27. The van der Waals surface area contributed by atoms with E-state index in [0.717, 1.165) is 30.2 Å². The summed E-state index contributed by atoms with van der Waals surface area (Å²) in [5.74, 6) is 1.48. The van der Waals surface area contributed by atoms with Crippen LogP contribution in [0.5, 0.6) is 11.5 Å². The normalized spacial score (nSPS) is 19.4. The molecule has 1 atom stereocenters. The SMILES string of the molecule is CN1CCN(CC(N)c2ccc3c(c2)OCCO3)C1=O. The van der Waals surface area contributed by atoms with Crippen molar-refractivity contribution in [3.63, 3.8) is 0 Å². The zero-order valence-electron chi connectivity index (χ0n) is 11.5. The number of likely N-dealkylation sites (N-methyl/N-ethyl adjacent to an activating group) is 1. The quantitative estimate of drug-likeness (QED) is 0.888. The van der Waals surface area contributed by atoms with Gasteiger partial charge in [0.1, 0.15) is 13.2 Å². The molecule has 0 aliphatic carbocycles. The number of carbonyl (C=O) groups excluding carboxylic acids is 1.